The maximum atomic E-state index is 15.4. The van der Waals surface area contributed by atoms with Gasteiger partial charge in [-0.15, -0.1) is 5.10 Å². The van der Waals surface area contributed by atoms with Crippen molar-refractivity contribution in [3.05, 3.63) is 65.2 Å². The van der Waals surface area contributed by atoms with Gasteiger partial charge in [-0.2, -0.15) is 4.39 Å². The number of hydrogen-bond acceptors (Lipinski definition) is 7. The van der Waals surface area contributed by atoms with Crippen LogP contribution >= 0.6 is 0 Å². The van der Waals surface area contributed by atoms with Crippen LogP contribution in [0.15, 0.2) is 58.5 Å². The van der Waals surface area contributed by atoms with E-state index in [0.29, 0.717) is 22.1 Å². The summed E-state index contributed by atoms with van der Waals surface area (Å²) >= 11 is 0. The van der Waals surface area contributed by atoms with Gasteiger partial charge in [0.05, 0.1) is 33.4 Å². The minimum absolute atomic E-state index is 0.0147. The summed E-state index contributed by atoms with van der Waals surface area (Å²) in [6.07, 6.45) is 2.21. The molecule has 1 N–H and O–H groups in total. The SMILES string of the molecule is [2H]C([2H])([2H])n1cc(-c2cc3c(ncc4c3n([C@@H]3CC[C@@H](NC(=O)OC(C)(C)C)C3)c(=O)n4C([2H])([2H])[2H])n2S(=O)(=O)c2ccccc2)c(F)n1. The Labute approximate surface area is 255 Å². The van der Waals surface area contributed by atoms with Crippen LogP contribution in [-0.2, 0) is 28.7 Å². The molecule has 1 aliphatic carbocycles. The summed E-state index contributed by atoms with van der Waals surface area (Å²) in [6, 6.07) is 7.30. The number of carbonyl (C=O) groups is 1. The molecule has 1 saturated carbocycles. The number of hydrogen-bond donors (Lipinski definition) is 1. The average molecular weight is 616 g/mol. The maximum absolute atomic E-state index is 15.4. The third-order valence-electron chi connectivity index (χ3n) is 7.34. The van der Waals surface area contributed by atoms with Crippen molar-refractivity contribution >= 4 is 38.2 Å². The normalized spacial score (nSPS) is 20.3. The first-order valence-corrected chi connectivity index (χ1v) is 14.9. The van der Waals surface area contributed by atoms with Gasteiger partial charge in [-0.05, 0) is 58.2 Å². The lowest BCUT2D eigenvalue weighted by molar-refractivity contribution is 0.0504. The summed E-state index contributed by atoms with van der Waals surface area (Å²) in [5.74, 6) is -1.29. The predicted molar refractivity (Wildman–Crippen MR) is 158 cm³/mol. The van der Waals surface area contributed by atoms with Gasteiger partial charge in [0.25, 0.3) is 10.0 Å². The number of carbonyl (C=O) groups excluding carboxylic acids is 1. The topological polar surface area (TPSA) is 135 Å². The zero-order valence-electron chi connectivity index (χ0n) is 29.4. The van der Waals surface area contributed by atoms with Crippen molar-refractivity contribution in [2.45, 2.75) is 62.6 Å². The molecule has 0 bridgehead atoms. The number of halogens is 1. The number of benzene rings is 1. The molecule has 0 aliphatic heterocycles. The number of ether oxygens (including phenoxy) is 1. The fourth-order valence-electron chi connectivity index (χ4n) is 5.61. The number of fused-ring (bicyclic) bond motifs is 3. The minimum Gasteiger partial charge on any atom is -0.444 e. The van der Waals surface area contributed by atoms with E-state index >= 15 is 4.39 Å². The molecule has 12 nitrogen and oxygen atoms in total. The molecule has 0 radical (unpaired) electrons. The first kappa shape index (κ1) is 22.1. The molecule has 2 atom stereocenters. The van der Waals surface area contributed by atoms with E-state index in [1.807, 2.05) is 0 Å². The molecule has 4 aromatic heterocycles. The summed E-state index contributed by atoms with van der Waals surface area (Å²) in [5.41, 5.74) is -2.92. The van der Waals surface area contributed by atoms with Crippen LogP contribution in [0.2, 0.25) is 0 Å². The number of rotatable bonds is 5. The van der Waals surface area contributed by atoms with Crippen LogP contribution in [-0.4, -0.2) is 54.0 Å². The lowest BCUT2D eigenvalue weighted by Gasteiger charge is -2.22. The highest BCUT2D eigenvalue weighted by molar-refractivity contribution is 7.90. The van der Waals surface area contributed by atoms with Crippen molar-refractivity contribution in [1.29, 1.82) is 0 Å². The Bertz CT molecular complexity index is 2270. The molecule has 226 valence electrons. The van der Waals surface area contributed by atoms with Crippen LogP contribution in [0.5, 0.6) is 0 Å². The fraction of sp³-hybridized carbons (Fsp3) is 0.379. The molecule has 5 aromatic rings. The van der Waals surface area contributed by atoms with E-state index in [1.54, 1.807) is 26.8 Å². The van der Waals surface area contributed by atoms with Crippen molar-refractivity contribution in [1.82, 2.24) is 33.2 Å². The number of aromatic nitrogens is 6. The molecular formula is C29H32FN7O5S. The van der Waals surface area contributed by atoms with Gasteiger partial charge in [-0.3, -0.25) is 13.8 Å². The molecule has 43 heavy (non-hydrogen) atoms. The van der Waals surface area contributed by atoms with E-state index in [0.717, 1.165) is 16.4 Å². The molecule has 0 unspecified atom stereocenters. The number of nitrogens with one attached hydrogen (secondary N) is 1. The Morgan fingerprint density at radius 2 is 1.95 bits per heavy atom. The van der Waals surface area contributed by atoms with E-state index in [-0.39, 0.29) is 39.1 Å². The third-order valence-corrected chi connectivity index (χ3v) is 9.05. The second kappa shape index (κ2) is 10.1. The fourth-order valence-corrected chi connectivity index (χ4v) is 7.11. The van der Waals surface area contributed by atoms with E-state index < -0.39 is 65.0 Å². The maximum Gasteiger partial charge on any atom is 0.407 e. The molecule has 0 saturated heterocycles. The van der Waals surface area contributed by atoms with Crippen LogP contribution < -0.4 is 11.0 Å². The molecule has 14 heteroatoms. The Morgan fingerprint density at radius 3 is 2.63 bits per heavy atom. The highest BCUT2D eigenvalue weighted by Gasteiger charge is 2.34. The standard InChI is InChI=1S/C29H32FN7O5S/c1-29(2,3)42-27(38)32-17-11-12-18(13-17)36-24-20-14-22(21-16-34(4)33-25(21)30)37(43(40,41)19-9-7-6-8-10-19)26(20)31-15-23(24)35(5)28(36)39/h6-10,14-18H,11-13H2,1-5H3,(H,32,38)/t17-,18-/m1/s1/i4D3,5D3. The van der Waals surface area contributed by atoms with Crippen LogP contribution in [0, 0.1) is 5.95 Å². The van der Waals surface area contributed by atoms with Gasteiger partial charge in [0.15, 0.2) is 5.65 Å². The number of alkyl carbamates (subject to hydrolysis) is 1. The summed E-state index contributed by atoms with van der Waals surface area (Å²) < 4.78 is 99.7. The van der Waals surface area contributed by atoms with Crippen molar-refractivity contribution in [3.8, 4) is 11.3 Å². The van der Waals surface area contributed by atoms with Gasteiger partial charge in [-0.1, -0.05) is 18.2 Å². The summed E-state index contributed by atoms with van der Waals surface area (Å²) in [4.78, 5) is 30.6. The Balaban J connectivity index is 1.62. The van der Waals surface area contributed by atoms with Crippen LogP contribution in [0.25, 0.3) is 33.3 Å². The van der Waals surface area contributed by atoms with Gasteiger partial charge in [0.2, 0.25) is 5.95 Å². The number of nitrogens with zero attached hydrogens (tertiary/aromatic N) is 6. The predicted octanol–water partition coefficient (Wildman–Crippen LogP) is 4.08. The molecule has 6 rings (SSSR count). The second-order valence-electron chi connectivity index (χ2n) is 11.4. The number of amides is 1. The molecule has 1 amide bonds. The lowest BCUT2D eigenvalue weighted by atomic mass is 10.2. The monoisotopic (exact) mass is 615 g/mol. The third kappa shape index (κ3) is 4.88. The van der Waals surface area contributed by atoms with Gasteiger partial charge in [0, 0.05) is 45.8 Å². The number of imidazole rings is 1. The Morgan fingerprint density at radius 1 is 1.19 bits per heavy atom. The van der Waals surface area contributed by atoms with Crippen LogP contribution in [0.3, 0.4) is 0 Å². The average Bonchev–Trinajstić information content (AvgIpc) is 3.74. The first-order valence-electron chi connectivity index (χ1n) is 16.4. The number of pyridine rings is 1. The van der Waals surface area contributed by atoms with E-state index in [9.17, 15) is 18.0 Å². The summed E-state index contributed by atoms with van der Waals surface area (Å²) in [6.45, 7) is -0.735. The lowest BCUT2D eigenvalue weighted by Crippen LogP contribution is -2.38. The summed E-state index contributed by atoms with van der Waals surface area (Å²) in [7, 11) is -4.57. The molecule has 0 spiro atoms. The van der Waals surface area contributed by atoms with Crippen molar-refractivity contribution < 1.29 is 30.6 Å². The van der Waals surface area contributed by atoms with Gasteiger partial charge in [-0.25, -0.2) is 27.0 Å². The Kier molecular flexibility index (Phi) is 5.18. The van der Waals surface area contributed by atoms with E-state index in [2.05, 4.69) is 15.4 Å². The molecule has 4 heterocycles. The van der Waals surface area contributed by atoms with Gasteiger partial charge < -0.3 is 10.1 Å². The zero-order valence-corrected chi connectivity index (χ0v) is 24.2. The molecule has 1 aliphatic rings. The van der Waals surface area contributed by atoms with Gasteiger partial charge >= 0.3 is 11.8 Å². The zero-order chi connectivity index (χ0) is 35.8. The van der Waals surface area contributed by atoms with Crippen molar-refractivity contribution in [2.24, 2.45) is 14.0 Å². The number of aryl methyl sites for hydroxylation is 2. The largest absolute Gasteiger partial charge is 0.444 e. The highest BCUT2D eigenvalue weighted by atomic mass is 32.2. The van der Waals surface area contributed by atoms with Crippen LogP contribution in [0.4, 0.5) is 9.18 Å². The van der Waals surface area contributed by atoms with E-state index in [1.165, 1.54) is 34.9 Å². The smallest absolute Gasteiger partial charge is 0.407 e. The first-order chi connectivity index (χ1) is 22.7. The van der Waals surface area contributed by atoms with Crippen molar-refractivity contribution in [3.63, 3.8) is 0 Å². The molecule has 1 fully saturated rings. The molecule has 1 aromatic carbocycles. The minimum atomic E-state index is -4.57. The van der Waals surface area contributed by atoms with Gasteiger partial charge in [0.1, 0.15) is 5.60 Å². The highest BCUT2D eigenvalue weighted by Crippen LogP contribution is 2.38. The van der Waals surface area contributed by atoms with E-state index in [4.69, 9.17) is 13.0 Å². The van der Waals surface area contributed by atoms with Crippen LogP contribution in [0.1, 0.15) is 54.3 Å². The summed E-state index contributed by atoms with van der Waals surface area (Å²) in [5, 5.41) is 6.22. The second-order valence-corrected chi connectivity index (χ2v) is 13.2. The quantitative estimate of drug-likeness (QED) is 0.315. The molecular weight excluding hydrogens is 577 g/mol. The Hall–Kier alpha value is -4.46. The van der Waals surface area contributed by atoms with Crippen molar-refractivity contribution in [2.75, 3.05) is 0 Å².